The first kappa shape index (κ1) is 15.8. The van der Waals surface area contributed by atoms with Gasteiger partial charge in [-0.15, -0.1) is 0 Å². The zero-order valence-electron chi connectivity index (χ0n) is 11.6. The molecule has 0 atom stereocenters. The fourth-order valence-electron chi connectivity index (χ4n) is 1.94. The zero-order chi connectivity index (χ0) is 14.3. The molecule has 0 heterocycles. The average Bonchev–Trinajstić information content (AvgIpc) is 2.37. The second-order valence-corrected chi connectivity index (χ2v) is 4.80. The van der Waals surface area contributed by atoms with E-state index in [0.717, 1.165) is 26.1 Å². The number of hydrogen-bond acceptors (Lipinski definition) is 3. The van der Waals surface area contributed by atoms with E-state index in [1.54, 1.807) is 18.2 Å². The van der Waals surface area contributed by atoms with E-state index in [-0.39, 0.29) is 5.91 Å². The Balaban J connectivity index is 2.52. The predicted molar refractivity (Wildman–Crippen MR) is 80.6 cm³/mol. The van der Waals surface area contributed by atoms with Crippen LogP contribution >= 0.6 is 11.6 Å². The van der Waals surface area contributed by atoms with Gasteiger partial charge in [-0.1, -0.05) is 31.5 Å². The quantitative estimate of drug-likeness (QED) is 0.756. The van der Waals surface area contributed by atoms with Crippen molar-refractivity contribution in [2.45, 2.75) is 20.3 Å². The Kier molecular flexibility index (Phi) is 6.67. The minimum atomic E-state index is -0.212. The molecule has 0 aliphatic carbocycles. The van der Waals surface area contributed by atoms with E-state index in [2.05, 4.69) is 24.1 Å². The number of nitrogens with one attached hydrogen (secondary N) is 1. The molecule has 0 aliphatic rings. The van der Waals surface area contributed by atoms with Crippen LogP contribution in [0.25, 0.3) is 0 Å². The molecule has 0 radical (unpaired) electrons. The minimum Gasteiger partial charge on any atom is -0.398 e. The summed E-state index contributed by atoms with van der Waals surface area (Å²) in [6, 6.07) is 5.08. The average molecular weight is 284 g/mol. The first-order valence-corrected chi connectivity index (χ1v) is 7.02. The number of halogens is 1. The molecule has 0 aromatic heterocycles. The highest BCUT2D eigenvalue weighted by molar-refractivity contribution is 6.34. The molecule has 0 saturated carbocycles. The molecular weight excluding hydrogens is 262 g/mol. The number of carbonyl (C=O) groups is 1. The van der Waals surface area contributed by atoms with Gasteiger partial charge in [-0.05, 0) is 31.6 Å². The molecule has 3 N–H and O–H groups in total. The van der Waals surface area contributed by atoms with Crippen molar-refractivity contribution < 1.29 is 4.79 Å². The molecule has 19 heavy (non-hydrogen) atoms. The highest BCUT2D eigenvalue weighted by Gasteiger charge is 2.13. The summed E-state index contributed by atoms with van der Waals surface area (Å²) in [6.45, 7) is 7.71. The summed E-state index contributed by atoms with van der Waals surface area (Å²) in [5, 5.41) is 3.25. The van der Waals surface area contributed by atoms with Crippen LogP contribution in [0.2, 0.25) is 5.02 Å². The van der Waals surface area contributed by atoms with Crippen molar-refractivity contribution in [3.8, 4) is 0 Å². The van der Waals surface area contributed by atoms with Crippen molar-refractivity contribution in [3.63, 3.8) is 0 Å². The van der Waals surface area contributed by atoms with E-state index in [4.69, 9.17) is 17.3 Å². The Morgan fingerprint density at radius 2 is 2.11 bits per heavy atom. The second kappa shape index (κ2) is 8.02. The number of hydrogen-bond donors (Lipinski definition) is 2. The Morgan fingerprint density at radius 1 is 1.37 bits per heavy atom. The van der Waals surface area contributed by atoms with Crippen LogP contribution in [0, 0.1) is 0 Å². The summed E-state index contributed by atoms with van der Waals surface area (Å²) in [7, 11) is 0. The van der Waals surface area contributed by atoms with Gasteiger partial charge in [0.2, 0.25) is 0 Å². The molecular formula is C14H22ClN3O. The van der Waals surface area contributed by atoms with Crippen LogP contribution < -0.4 is 11.1 Å². The molecule has 0 aliphatic heterocycles. The summed E-state index contributed by atoms with van der Waals surface area (Å²) < 4.78 is 0. The number of amides is 1. The summed E-state index contributed by atoms with van der Waals surface area (Å²) in [6.07, 6.45) is 1.11. The Bertz CT molecular complexity index is 403. The summed E-state index contributed by atoms with van der Waals surface area (Å²) in [5.41, 5.74) is 6.54. The van der Waals surface area contributed by atoms with Crippen molar-refractivity contribution in [2.24, 2.45) is 0 Å². The van der Waals surface area contributed by atoms with Gasteiger partial charge in [-0.25, -0.2) is 0 Å². The standard InChI is InChI=1S/C14H22ClN3O/c1-3-9-18(4-2)10-8-17-14(19)13-11(15)6-5-7-12(13)16/h5-7H,3-4,8-10,16H2,1-2H3,(H,17,19). The molecule has 0 unspecified atom stereocenters. The van der Waals surface area contributed by atoms with E-state index in [9.17, 15) is 4.79 Å². The lowest BCUT2D eigenvalue weighted by molar-refractivity contribution is 0.0949. The maximum Gasteiger partial charge on any atom is 0.254 e. The third-order valence-electron chi connectivity index (χ3n) is 2.97. The Labute approximate surface area is 119 Å². The molecule has 0 spiro atoms. The van der Waals surface area contributed by atoms with Crippen LogP contribution in [-0.4, -0.2) is 37.0 Å². The SMILES string of the molecule is CCCN(CC)CCNC(=O)c1c(N)cccc1Cl. The number of anilines is 1. The van der Waals surface area contributed by atoms with Gasteiger partial charge < -0.3 is 16.0 Å². The van der Waals surface area contributed by atoms with Gasteiger partial charge in [0, 0.05) is 18.8 Å². The zero-order valence-corrected chi connectivity index (χ0v) is 12.3. The second-order valence-electron chi connectivity index (χ2n) is 4.39. The van der Waals surface area contributed by atoms with Crippen molar-refractivity contribution in [1.82, 2.24) is 10.2 Å². The summed E-state index contributed by atoms with van der Waals surface area (Å²) in [4.78, 5) is 14.3. The predicted octanol–water partition coefficient (Wildman–Crippen LogP) is 2.38. The Hall–Kier alpha value is -1.26. The number of benzene rings is 1. The maximum absolute atomic E-state index is 12.0. The molecule has 1 amide bonds. The number of likely N-dealkylation sites (N-methyl/N-ethyl adjacent to an activating group) is 1. The van der Waals surface area contributed by atoms with E-state index in [1.807, 2.05) is 0 Å². The highest BCUT2D eigenvalue weighted by Crippen LogP contribution is 2.21. The van der Waals surface area contributed by atoms with Gasteiger partial charge >= 0.3 is 0 Å². The first-order chi connectivity index (χ1) is 9.10. The summed E-state index contributed by atoms with van der Waals surface area (Å²) in [5.74, 6) is -0.212. The van der Waals surface area contributed by atoms with Crippen molar-refractivity contribution in [2.75, 3.05) is 31.9 Å². The fourth-order valence-corrected chi connectivity index (χ4v) is 2.21. The van der Waals surface area contributed by atoms with Gasteiger partial charge in [-0.3, -0.25) is 4.79 Å². The molecule has 5 heteroatoms. The smallest absolute Gasteiger partial charge is 0.254 e. The van der Waals surface area contributed by atoms with Gasteiger partial charge in [0.25, 0.3) is 5.91 Å². The molecule has 0 bridgehead atoms. The van der Waals surface area contributed by atoms with Crippen LogP contribution in [0.3, 0.4) is 0 Å². The summed E-state index contributed by atoms with van der Waals surface area (Å²) >= 11 is 5.99. The van der Waals surface area contributed by atoms with Gasteiger partial charge in [0.1, 0.15) is 0 Å². The van der Waals surface area contributed by atoms with Crippen LogP contribution in [0.5, 0.6) is 0 Å². The van der Waals surface area contributed by atoms with Crippen molar-refractivity contribution >= 4 is 23.2 Å². The molecule has 1 aromatic carbocycles. The number of rotatable bonds is 7. The maximum atomic E-state index is 12.0. The highest BCUT2D eigenvalue weighted by atomic mass is 35.5. The minimum absolute atomic E-state index is 0.212. The van der Waals surface area contributed by atoms with Gasteiger partial charge in [0.05, 0.1) is 10.6 Å². The van der Waals surface area contributed by atoms with E-state index >= 15 is 0 Å². The van der Waals surface area contributed by atoms with Gasteiger partial charge in [-0.2, -0.15) is 0 Å². The number of nitrogens with two attached hydrogens (primary N) is 1. The van der Waals surface area contributed by atoms with Crippen molar-refractivity contribution in [1.29, 1.82) is 0 Å². The topological polar surface area (TPSA) is 58.4 Å². The third kappa shape index (κ3) is 4.73. The number of carbonyl (C=O) groups excluding carboxylic acids is 1. The van der Waals surface area contributed by atoms with Crippen molar-refractivity contribution in [3.05, 3.63) is 28.8 Å². The normalized spacial score (nSPS) is 10.7. The van der Waals surface area contributed by atoms with E-state index < -0.39 is 0 Å². The largest absolute Gasteiger partial charge is 0.398 e. The Morgan fingerprint density at radius 3 is 2.68 bits per heavy atom. The first-order valence-electron chi connectivity index (χ1n) is 6.64. The number of nitrogen functional groups attached to an aromatic ring is 1. The molecule has 4 nitrogen and oxygen atoms in total. The monoisotopic (exact) mass is 283 g/mol. The van der Waals surface area contributed by atoms with E-state index in [1.165, 1.54) is 0 Å². The van der Waals surface area contributed by atoms with Crippen LogP contribution in [0.4, 0.5) is 5.69 Å². The molecule has 0 fully saturated rings. The third-order valence-corrected chi connectivity index (χ3v) is 3.29. The van der Waals surface area contributed by atoms with Crippen LogP contribution in [-0.2, 0) is 0 Å². The molecule has 0 saturated heterocycles. The lowest BCUT2D eigenvalue weighted by Gasteiger charge is -2.19. The molecule has 1 rings (SSSR count). The van der Waals surface area contributed by atoms with E-state index in [0.29, 0.717) is 22.8 Å². The number of nitrogens with zero attached hydrogens (tertiary/aromatic N) is 1. The molecule has 106 valence electrons. The molecule has 1 aromatic rings. The van der Waals surface area contributed by atoms with Crippen LogP contribution in [0.15, 0.2) is 18.2 Å². The van der Waals surface area contributed by atoms with Gasteiger partial charge in [0.15, 0.2) is 0 Å². The fraction of sp³-hybridized carbons (Fsp3) is 0.500. The lowest BCUT2D eigenvalue weighted by Crippen LogP contribution is -2.35. The van der Waals surface area contributed by atoms with Crippen LogP contribution in [0.1, 0.15) is 30.6 Å². The lowest BCUT2D eigenvalue weighted by atomic mass is 10.1.